The van der Waals surface area contributed by atoms with Crippen LogP contribution in [0.3, 0.4) is 0 Å². The van der Waals surface area contributed by atoms with E-state index in [0.717, 1.165) is 17.9 Å². The molecule has 0 aliphatic rings. The molecule has 0 fully saturated rings. The molecule has 0 aliphatic carbocycles. The predicted octanol–water partition coefficient (Wildman–Crippen LogP) is 1.54. The van der Waals surface area contributed by atoms with Gasteiger partial charge >= 0.3 is 0 Å². The Morgan fingerprint density at radius 2 is 1.45 bits per heavy atom. The quantitative estimate of drug-likeness (QED) is 0.646. The van der Waals surface area contributed by atoms with Crippen molar-refractivity contribution in [2.24, 2.45) is 0 Å². The molecule has 0 aromatic carbocycles. The maximum Gasteiger partial charge on any atom is 0.178 e. The van der Waals surface area contributed by atoms with Gasteiger partial charge in [0.15, 0.2) is 11.5 Å². The topological polar surface area (TPSA) is 45.4 Å². The smallest absolute Gasteiger partial charge is 0.178 e. The third-order valence-corrected chi connectivity index (χ3v) is 2.04. The van der Waals surface area contributed by atoms with Gasteiger partial charge in [0, 0.05) is 6.54 Å². The van der Waals surface area contributed by atoms with Crippen molar-refractivity contribution in [3.05, 3.63) is 11.4 Å². The van der Waals surface area contributed by atoms with Crippen LogP contribution in [-0.4, -0.2) is 14.8 Å². The van der Waals surface area contributed by atoms with Crippen LogP contribution in [-0.2, 0) is 6.54 Å². The fourth-order valence-electron chi connectivity index (χ4n) is 1.32. The molecule has 0 amide bonds. The van der Waals surface area contributed by atoms with E-state index in [1.54, 1.807) is 13.8 Å². The molecule has 0 atom stereocenters. The molecule has 0 radical (unpaired) electrons. The Hall–Kier alpha value is -1.12. The molecule has 1 rings (SSSR count). The van der Waals surface area contributed by atoms with Crippen molar-refractivity contribution >= 4 is 0 Å². The first-order valence-corrected chi connectivity index (χ1v) is 3.67. The molecule has 1 aromatic heterocycles. The Bertz CT molecular complexity index is 251. The molecule has 0 aliphatic heterocycles. The largest absolute Gasteiger partial charge is 0.503 e. The lowest BCUT2D eigenvalue weighted by molar-refractivity contribution is 0.403. The number of rotatable bonds is 1. The minimum Gasteiger partial charge on any atom is -0.503 e. The molecular weight excluding hydrogens is 142 g/mol. The van der Waals surface area contributed by atoms with Crippen LogP contribution in [0.25, 0.3) is 0 Å². The first-order chi connectivity index (χ1) is 5.09. The number of nitrogens with zero attached hydrogens (tertiary/aromatic N) is 1. The lowest BCUT2D eigenvalue weighted by Gasteiger charge is -2.02. The van der Waals surface area contributed by atoms with E-state index in [4.69, 9.17) is 0 Å². The van der Waals surface area contributed by atoms with E-state index in [9.17, 15) is 10.2 Å². The van der Waals surface area contributed by atoms with Gasteiger partial charge in [-0.2, -0.15) is 0 Å². The molecule has 3 heteroatoms. The van der Waals surface area contributed by atoms with Crippen LogP contribution in [0.1, 0.15) is 18.3 Å². The van der Waals surface area contributed by atoms with Gasteiger partial charge in [0.2, 0.25) is 0 Å². The molecule has 1 aromatic rings. The molecule has 0 bridgehead atoms. The zero-order chi connectivity index (χ0) is 8.59. The number of hydrogen-bond acceptors (Lipinski definition) is 2. The number of aromatic nitrogens is 1. The summed E-state index contributed by atoms with van der Waals surface area (Å²) >= 11 is 0. The highest BCUT2D eigenvalue weighted by atomic mass is 16.3. The van der Waals surface area contributed by atoms with E-state index in [0.29, 0.717) is 0 Å². The Labute approximate surface area is 65.9 Å². The first kappa shape index (κ1) is 7.98. The lowest BCUT2D eigenvalue weighted by atomic mass is 10.4. The van der Waals surface area contributed by atoms with E-state index < -0.39 is 0 Å². The summed E-state index contributed by atoms with van der Waals surface area (Å²) in [5.41, 5.74) is 1.45. The van der Waals surface area contributed by atoms with Gasteiger partial charge in [-0.05, 0) is 20.8 Å². The highest BCUT2D eigenvalue weighted by Gasteiger charge is 2.13. The third kappa shape index (κ3) is 0.964. The zero-order valence-electron chi connectivity index (χ0n) is 7.05. The second kappa shape index (κ2) is 2.49. The monoisotopic (exact) mass is 155 g/mol. The van der Waals surface area contributed by atoms with Gasteiger partial charge in [-0.3, -0.25) is 0 Å². The van der Waals surface area contributed by atoms with Crippen molar-refractivity contribution in [2.45, 2.75) is 27.3 Å². The Kier molecular flexibility index (Phi) is 1.81. The third-order valence-electron chi connectivity index (χ3n) is 2.04. The summed E-state index contributed by atoms with van der Waals surface area (Å²) < 4.78 is 1.87. The van der Waals surface area contributed by atoms with Crippen LogP contribution in [0.5, 0.6) is 11.5 Å². The minimum atomic E-state index is 0.00403. The standard InChI is InChI=1S/C8H13NO2/c1-4-9-5(2)7(10)8(11)6(9)3/h10-11H,4H2,1-3H3. The highest BCUT2D eigenvalue weighted by Crippen LogP contribution is 2.34. The second-order valence-corrected chi connectivity index (χ2v) is 2.61. The molecule has 0 saturated carbocycles. The average Bonchev–Trinajstić information content (AvgIpc) is 2.17. The zero-order valence-corrected chi connectivity index (χ0v) is 7.05. The first-order valence-electron chi connectivity index (χ1n) is 3.67. The summed E-state index contributed by atoms with van der Waals surface area (Å²) in [6.45, 7) is 6.31. The highest BCUT2D eigenvalue weighted by molar-refractivity contribution is 5.47. The van der Waals surface area contributed by atoms with Gasteiger partial charge in [0.25, 0.3) is 0 Å². The van der Waals surface area contributed by atoms with Crippen LogP contribution in [0.2, 0.25) is 0 Å². The van der Waals surface area contributed by atoms with Crippen molar-refractivity contribution in [2.75, 3.05) is 0 Å². The van der Waals surface area contributed by atoms with Crippen molar-refractivity contribution in [3.8, 4) is 11.5 Å². The van der Waals surface area contributed by atoms with E-state index in [-0.39, 0.29) is 11.5 Å². The molecule has 0 unspecified atom stereocenters. The molecule has 0 spiro atoms. The van der Waals surface area contributed by atoms with Crippen LogP contribution < -0.4 is 0 Å². The molecule has 62 valence electrons. The summed E-state index contributed by atoms with van der Waals surface area (Å²) in [6.07, 6.45) is 0. The lowest BCUT2D eigenvalue weighted by Crippen LogP contribution is -1.97. The number of hydrogen-bond donors (Lipinski definition) is 2. The van der Waals surface area contributed by atoms with E-state index >= 15 is 0 Å². The fraction of sp³-hybridized carbons (Fsp3) is 0.500. The van der Waals surface area contributed by atoms with Crippen LogP contribution in [0.4, 0.5) is 0 Å². The fourth-order valence-corrected chi connectivity index (χ4v) is 1.32. The van der Waals surface area contributed by atoms with Gasteiger partial charge in [-0.15, -0.1) is 0 Å². The van der Waals surface area contributed by atoms with E-state index in [1.165, 1.54) is 0 Å². The van der Waals surface area contributed by atoms with Crippen molar-refractivity contribution < 1.29 is 10.2 Å². The van der Waals surface area contributed by atoms with Crippen LogP contribution in [0, 0.1) is 13.8 Å². The maximum atomic E-state index is 9.27. The SMILES string of the molecule is CCn1c(C)c(O)c(O)c1C. The molecule has 1 heterocycles. The number of aromatic hydroxyl groups is 2. The summed E-state index contributed by atoms with van der Waals surface area (Å²) in [6, 6.07) is 0. The van der Waals surface area contributed by atoms with Crippen LogP contribution in [0.15, 0.2) is 0 Å². The maximum absolute atomic E-state index is 9.27. The second-order valence-electron chi connectivity index (χ2n) is 2.61. The van der Waals surface area contributed by atoms with Gasteiger partial charge < -0.3 is 14.8 Å². The van der Waals surface area contributed by atoms with Gasteiger partial charge in [0.1, 0.15) is 0 Å². The minimum absolute atomic E-state index is 0.00403. The molecular formula is C8H13NO2. The van der Waals surface area contributed by atoms with Gasteiger partial charge in [-0.25, -0.2) is 0 Å². The van der Waals surface area contributed by atoms with Gasteiger partial charge in [0.05, 0.1) is 11.4 Å². The van der Waals surface area contributed by atoms with Crippen molar-refractivity contribution in [1.29, 1.82) is 0 Å². The summed E-state index contributed by atoms with van der Waals surface area (Å²) in [5, 5.41) is 18.5. The summed E-state index contributed by atoms with van der Waals surface area (Å²) in [7, 11) is 0. The van der Waals surface area contributed by atoms with Crippen molar-refractivity contribution in [3.63, 3.8) is 0 Å². The Morgan fingerprint density at radius 1 is 1.09 bits per heavy atom. The van der Waals surface area contributed by atoms with E-state index in [1.807, 2.05) is 11.5 Å². The van der Waals surface area contributed by atoms with Crippen LogP contribution >= 0.6 is 0 Å². The average molecular weight is 155 g/mol. The molecule has 0 saturated heterocycles. The molecule has 11 heavy (non-hydrogen) atoms. The van der Waals surface area contributed by atoms with E-state index in [2.05, 4.69) is 0 Å². The Balaban J connectivity index is 3.36. The summed E-state index contributed by atoms with van der Waals surface area (Å²) in [5.74, 6) is 0.00806. The summed E-state index contributed by atoms with van der Waals surface area (Å²) in [4.78, 5) is 0. The molecule has 2 N–H and O–H groups in total. The molecule has 3 nitrogen and oxygen atoms in total. The predicted molar refractivity (Wildman–Crippen MR) is 42.9 cm³/mol. The normalized spacial score (nSPS) is 10.5. The van der Waals surface area contributed by atoms with Gasteiger partial charge in [-0.1, -0.05) is 0 Å². The Morgan fingerprint density at radius 3 is 1.64 bits per heavy atom. The van der Waals surface area contributed by atoms with Crippen molar-refractivity contribution in [1.82, 2.24) is 4.57 Å².